The monoisotopic (exact) mass is 484 g/mol. The van der Waals surface area contributed by atoms with Gasteiger partial charge in [0.15, 0.2) is 0 Å². The SMILES string of the molecule is COC(=O)c1cc([N+](=O)[O-])cc(C#CCCNC(=O)OCC2c3ccccc3-c3ccccc32)c1C. The van der Waals surface area contributed by atoms with Crippen molar-refractivity contribution in [2.24, 2.45) is 0 Å². The highest BCUT2D eigenvalue weighted by Gasteiger charge is 2.29. The highest BCUT2D eigenvalue weighted by atomic mass is 16.6. The van der Waals surface area contributed by atoms with Crippen molar-refractivity contribution >= 4 is 17.7 Å². The van der Waals surface area contributed by atoms with Gasteiger partial charge in [-0.1, -0.05) is 60.4 Å². The lowest BCUT2D eigenvalue weighted by molar-refractivity contribution is -0.384. The molecule has 0 unspecified atom stereocenters. The van der Waals surface area contributed by atoms with E-state index in [0.717, 1.165) is 22.3 Å². The Hall–Kier alpha value is -4.64. The number of nitrogens with one attached hydrogen (secondary N) is 1. The standard InChI is InChI=1S/C28H24N2O6/c1-18-19(15-20(30(33)34)16-25(18)27(31)35-2)9-7-8-14-29-28(32)36-17-26-23-12-5-3-10-21(23)22-11-4-6-13-24(22)26/h3-6,10-13,15-16,26H,8,14,17H2,1-2H3,(H,29,32). The highest BCUT2D eigenvalue weighted by molar-refractivity contribution is 5.92. The fourth-order valence-corrected chi connectivity index (χ4v) is 4.29. The number of ether oxygens (including phenoxy) is 2. The molecule has 36 heavy (non-hydrogen) atoms. The van der Waals surface area contributed by atoms with Gasteiger partial charge in [0.25, 0.3) is 5.69 Å². The second kappa shape index (κ2) is 10.7. The van der Waals surface area contributed by atoms with E-state index in [1.165, 1.54) is 19.2 Å². The van der Waals surface area contributed by atoms with Gasteiger partial charge in [-0.15, -0.1) is 0 Å². The summed E-state index contributed by atoms with van der Waals surface area (Å²) in [5.41, 5.74) is 5.27. The number of benzene rings is 3. The van der Waals surface area contributed by atoms with Crippen molar-refractivity contribution in [3.8, 4) is 23.0 Å². The zero-order valence-corrected chi connectivity index (χ0v) is 19.9. The number of fused-ring (bicyclic) bond motifs is 3. The predicted molar refractivity (Wildman–Crippen MR) is 134 cm³/mol. The van der Waals surface area contributed by atoms with Crippen molar-refractivity contribution in [3.63, 3.8) is 0 Å². The van der Waals surface area contributed by atoms with Crippen LogP contribution < -0.4 is 5.32 Å². The summed E-state index contributed by atoms with van der Waals surface area (Å²) >= 11 is 0. The number of non-ortho nitro benzene ring substituents is 1. The number of carbonyl (C=O) groups is 2. The molecule has 0 aromatic heterocycles. The van der Waals surface area contributed by atoms with Gasteiger partial charge in [-0.3, -0.25) is 10.1 Å². The van der Waals surface area contributed by atoms with Gasteiger partial charge < -0.3 is 14.8 Å². The molecule has 0 spiro atoms. The van der Waals surface area contributed by atoms with Gasteiger partial charge in [-0.2, -0.15) is 0 Å². The Bertz CT molecular complexity index is 1360. The maximum absolute atomic E-state index is 12.3. The molecule has 8 nitrogen and oxygen atoms in total. The molecule has 3 aromatic carbocycles. The van der Waals surface area contributed by atoms with Crippen LogP contribution in [0, 0.1) is 28.9 Å². The Morgan fingerprint density at radius 3 is 2.31 bits per heavy atom. The maximum Gasteiger partial charge on any atom is 0.407 e. The molecule has 0 atom stereocenters. The Balaban J connectivity index is 1.34. The summed E-state index contributed by atoms with van der Waals surface area (Å²) in [6.45, 7) is 2.10. The van der Waals surface area contributed by atoms with Gasteiger partial charge in [-0.25, -0.2) is 9.59 Å². The van der Waals surface area contributed by atoms with E-state index in [1.807, 2.05) is 24.3 Å². The van der Waals surface area contributed by atoms with Crippen LogP contribution in [0.5, 0.6) is 0 Å². The minimum absolute atomic E-state index is 0.0243. The molecule has 4 rings (SSSR count). The number of amides is 1. The smallest absolute Gasteiger partial charge is 0.407 e. The molecule has 1 N–H and O–H groups in total. The van der Waals surface area contributed by atoms with E-state index in [1.54, 1.807) is 6.92 Å². The quantitative estimate of drug-likeness (QED) is 0.174. The van der Waals surface area contributed by atoms with Crippen molar-refractivity contribution in [2.45, 2.75) is 19.3 Å². The molecule has 1 aliphatic rings. The third kappa shape index (κ3) is 5.05. The van der Waals surface area contributed by atoms with Crippen LogP contribution in [0.15, 0.2) is 60.7 Å². The van der Waals surface area contributed by atoms with E-state index in [9.17, 15) is 19.7 Å². The molecule has 0 heterocycles. The Morgan fingerprint density at radius 1 is 1.06 bits per heavy atom. The number of nitrogens with zero attached hydrogens (tertiary/aromatic N) is 1. The third-order valence-electron chi connectivity index (χ3n) is 6.09. The van der Waals surface area contributed by atoms with Gasteiger partial charge in [-0.05, 0) is 34.7 Å². The number of hydrogen-bond donors (Lipinski definition) is 1. The molecule has 0 aliphatic heterocycles. The van der Waals surface area contributed by atoms with Crippen LogP contribution in [0.4, 0.5) is 10.5 Å². The van der Waals surface area contributed by atoms with Crippen molar-refractivity contribution in [1.82, 2.24) is 5.32 Å². The van der Waals surface area contributed by atoms with Crippen molar-refractivity contribution < 1.29 is 24.0 Å². The first kappa shape index (κ1) is 24.5. The average Bonchev–Trinajstić information content (AvgIpc) is 3.21. The lowest BCUT2D eigenvalue weighted by atomic mass is 9.98. The zero-order valence-electron chi connectivity index (χ0n) is 19.9. The number of nitro benzene ring substituents is 1. The normalized spacial score (nSPS) is 11.5. The van der Waals surface area contributed by atoms with Gasteiger partial charge in [0.1, 0.15) is 6.61 Å². The largest absolute Gasteiger partial charge is 0.465 e. The van der Waals surface area contributed by atoms with Crippen LogP contribution in [-0.4, -0.2) is 37.2 Å². The lowest BCUT2D eigenvalue weighted by Crippen LogP contribution is -2.26. The minimum Gasteiger partial charge on any atom is -0.465 e. The second-order valence-corrected chi connectivity index (χ2v) is 8.22. The molecule has 0 saturated carbocycles. The van der Waals surface area contributed by atoms with Crippen LogP contribution in [0.3, 0.4) is 0 Å². The number of nitro groups is 1. The van der Waals surface area contributed by atoms with Gasteiger partial charge in [0.05, 0.1) is 17.6 Å². The summed E-state index contributed by atoms with van der Waals surface area (Å²) in [7, 11) is 1.21. The lowest BCUT2D eigenvalue weighted by Gasteiger charge is -2.14. The molecule has 0 saturated heterocycles. The van der Waals surface area contributed by atoms with Crippen molar-refractivity contribution in [1.29, 1.82) is 0 Å². The van der Waals surface area contributed by atoms with Crippen molar-refractivity contribution in [2.75, 3.05) is 20.3 Å². The van der Waals surface area contributed by atoms with E-state index in [-0.39, 0.29) is 30.3 Å². The molecule has 0 bridgehead atoms. The molecular weight excluding hydrogens is 460 g/mol. The summed E-state index contributed by atoms with van der Waals surface area (Å²) in [5.74, 6) is 5.03. The first-order valence-corrected chi connectivity index (χ1v) is 11.4. The predicted octanol–water partition coefficient (Wildman–Crippen LogP) is 4.97. The summed E-state index contributed by atoms with van der Waals surface area (Å²) < 4.78 is 10.2. The van der Waals surface area contributed by atoms with Gasteiger partial charge >= 0.3 is 12.1 Å². The van der Waals surface area contributed by atoms with E-state index in [0.29, 0.717) is 17.5 Å². The summed E-state index contributed by atoms with van der Waals surface area (Å²) in [6.07, 6.45) is -0.252. The summed E-state index contributed by atoms with van der Waals surface area (Å²) in [4.78, 5) is 34.9. The van der Waals surface area contributed by atoms with Gasteiger partial charge in [0, 0.05) is 36.6 Å². The first-order chi connectivity index (χ1) is 17.4. The number of carbonyl (C=O) groups excluding carboxylic acids is 2. The number of methoxy groups -OCH3 is 1. The molecule has 0 fully saturated rings. The number of esters is 1. The van der Waals surface area contributed by atoms with Crippen molar-refractivity contribution in [3.05, 3.63) is 98.6 Å². The second-order valence-electron chi connectivity index (χ2n) is 8.22. The maximum atomic E-state index is 12.3. The fourth-order valence-electron chi connectivity index (χ4n) is 4.29. The topological polar surface area (TPSA) is 108 Å². The van der Waals surface area contributed by atoms with E-state index in [4.69, 9.17) is 9.47 Å². The van der Waals surface area contributed by atoms with E-state index >= 15 is 0 Å². The van der Waals surface area contributed by atoms with E-state index < -0.39 is 17.0 Å². The Morgan fingerprint density at radius 2 is 1.69 bits per heavy atom. The minimum atomic E-state index is -0.670. The summed E-state index contributed by atoms with van der Waals surface area (Å²) in [6, 6.07) is 18.7. The zero-order chi connectivity index (χ0) is 25.7. The molecular formula is C28H24N2O6. The van der Waals surface area contributed by atoms with E-state index in [2.05, 4.69) is 41.4 Å². The molecule has 0 radical (unpaired) electrons. The van der Waals surface area contributed by atoms with Gasteiger partial charge in [0.2, 0.25) is 0 Å². The summed E-state index contributed by atoms with van der Waals surface area (Å²) in [5, 5.41) is 13.9. The van der Waals surface area contributed by atoms with Crippen LogP contribution in [0.25, 0.3) is 11.1 Å². The number of alkyl carbamates (subject to hydrolysis) is 1. The molecule has 1 aliphatic carbocycles. The Kier molecular flexibility index (Phi) is 7.31. The molecule has 1 amide bonds. The molecule has 182 valence electrons. The first-order valence-electron chi connectivity index (χ1n) is 11.4. The Labute approximate surface area is 208 Å². The average molecular weight is 485 g/mol. The van der Waals surface area contributed by atoms with Crippen LogP contribution in [0.1, 0.15) is 45.0 Å². The van der Waals surface area contributed by atoms with Crippen LogP contribution >= 0.6 is 0 Å². The van der Waals surface area contributed by atoms with Crippen LogP contribution in [0.2, 0.25) is 0 Å². The molecule has 3 aromatic rings. The number of hydrogen-bond acceptors (Lipinski definition) is 6. The fraction of sp³-hybridized carbons (Fsp3) is 0.214. The van der Waals surface area contributed by atoms with Crippen LogP contribution in [-0.2, 0) is 9.47 Å². The highest BCUT2D eigenvalue weighted by Crippen LogP contribution is 2.44. The molecule has 8 heteroatoms. The third-order valence-corrected chi connectivity index (χ3v) is 6.09. The number of rotatable bonds is 6.